The van der Waals surface area contributed by atoms with Crippen molar-refractivity contribution in [1.29, 1.82) is 0 Å². The number of esters is 1. The highest BCUT2D eigenvalue weighted by Gasteiger charge is 2.32. The molecule has 2 aromatic carbocycles. The van der Waals surface area contributed by atoms with Crippen molar-refractivity contribution >= 4 is 17.6 Å². The Labute approximate surface area is 232 Å². The fraction of sp³-hybridized carbons (Fsp3) is 0.281. The van der Waals surface area contributed by atoms with Crippen LogP contribution in [0.1, 0.15) is 60.0 Å². The molecule has 8 heteroatoms. The maximum Gasteiger partial charge on any atom is 0.308 e. The number of nitrogens with two attached hydrogens (primary N) is 1. The van der Waals surface area contributed by atoms with Crippen molar-refractivity contribution in [3.8, 4) is 5.69 Å². The van der Waals surface area contributed by atoms with Crippen LogP contribution < -0.4 is 16.6 Å². The van der Waals surface area contributed by atoms with Crippen molar-refractivity contribution in [2.45, 2.75) is 56.7 Å². The lowest BCUT2D eigenvalue weighted by Gasteiger charge is -2.32. The third-order valence-electron chi connectivity index (χ3n) is 7.52. The van der Waals surface area contributed by atoms with Gasteiger partial charge in [-0.2, -0.15) is 0 Å². The number of hydrogen-bond donors (Lipinski definition) is 2. The number of pyridine rings is 1. The second-order valence-corrected chi connectivity index (χ2v) is 10.4. The predicted molar refractivity (Wildman–Crippen MR) is 152 cm³/mol. The van der Waals surface area contributed by atoms with E-state index in [-0.39, 0.29) is 41.0 Å². The SMILES string of the molecule is Nc1c(C(=O)c2ccc(F)cc2)ccc(=O)n1-c1ccc(CN[C@@]2(CC(=O)OC3CCCC3)C=CC=CC2)cc1. The van der Waals surface area contributed by atoms with E-state index in [2.05, 4.69) is 5.32 Å². The molecule has 0 spiro atoms. The number of anilines is 1. The van der Waals surface area contributed by atoms with Gasteiger partial charge in [-0.05, 0) is 80.1 Å². The van der Waals surface area contributed by atoms with Crippen molar-refractivity contribution in [2.24, 2.45) is 0 Å². The van der Waals surface area contributed by atoms with E-state index in [1.807, 2.05) is 36.4 Å². The summed E-state index contributed by atoms with van der Waals surface area (Å²) in [5, 5.41) is 3.53. The molecular formula is C32H32FN3O4. The molecule has 7 nitrogen and oxygen atoms in total. The van der Waals surface area contributed by atoms with Crippen LogP contribution in [0.3, 0.4) is 0 Å². The molecule has 1 heterocycles. The highest BCUT2D eigenvalue weighted by Crippen LogP contribution is 2.27. The van der Waals surface area contributed by atoms with Crippen molar-refractivity contribution in [3.05, 3.63) is 118 Å². The molecule has 0 amide bonds. The first-order chi connectivity index (χ1) is 19.3. The molecule has 1 fully saturated rings. The largest absolute Gasteiger partial charge is 0.462 e. The molecule has 0 aliphatic heterocycles. The number of rotatable bonds is 9. The zero-order chi connectivity index (χ0) is 28.1. The van der Waals surface area contributed by atoms with E-state index < -0.39 is 17.1 Å². The third kappa shape index (κ3) is 6.13. The van der Waals surface area contributed by atoms with Crippen LogP contribution in [0.4, 0.5) is 10.2 Å². The maximum absolute atomic E-state index is 13.3. The van der Waals surface area contributed by atoms with Crippen molar-refractivity contribution < 1.29 is 18.7 Å². The molecule has 3 aromatic rings. The predicted octanol–water partition coefficient (Wildman–Crippen LogP) is 5.01. The molecule has 206 valence electrons. The van der Waals surface area contributed by atoms with Gasteiger partial charge in [-0.1, -0.05) is 36.4 Å². The Balaban J connectivity index is 1.30. The number of ether oxygens (including phenoxy) is 1. The molecule has 2 aliphatic rings. The van der Waals surface area contributed by atoms with E-state index in [1.54, 1.807) is 12.1 Å². The number of benzene rings is 2. The van der Waals surface area contributed by atoms with E-state index in [4.69, 9.17) is 10.5 Å². The molecule has 0 saturated heterocycles. The molecule has 0 bridgehead atoms. The zero-order valence-corrected chi connectivity index (χ0v) is 22.1. The van der Waals surface area contributed by atoms with Gasteiger partial charge in [0.15, 0.2) is 5.78 Å². The molecule has 0 radical (unpaired) electrons. The van der Waals surface area contributed by atoms with Gasteiger partial charge in [0.05, 0.1) is 23.2 Å². The maximum atomic E-state index is 13.3. The number of nitrogens with zero attached hydrogens (tertiary/aromatic N) is 1. The minimum Gasteiger partial charge on any atom is -0.462 e. The minimum atomic E-state index is -0.542. The topological polar surface area (TPSA) is 103 Å². The van der Waals surface area contributed by atoms with Crippen molar-refractivity contribution in [2.75, 3.05) is 5.73 Å². The lowest BCUT2D eigenvalue weighted by atomic mass is 9.87. The van der Waals surface area contributed by atoms with E-state index in [1.165, 1.54) is 41.0 Å². The summed E-state index contributed by atoms with van der Waals surface area (Å²) in [7, 11) is 0. The number of carbonyl (C=O) groups excluding carboxylic acids is 2. The highest BCUT2D eigenvalue weighted by atomic mass is 19.1. The Bertz CT molecular complexity index is 1500. The number of allylic oxidation sites excluding steroid dienone is 2. The summed E-state index contributed by atoms with van der Waals surface area (Å²) in [5.74, 6) is -1.04. The lowest BCUT2D eigenvalue weighted by Crippen LogP contribution is -2.45. The Morgan fingerprint density at radius 3 is 2.40 bits per heavy atom. The van der Waals surface area contributed by atoms with Crippen LogP contribution in [0.5, 0.6) is 0 Å². The van der Waals surface area contributed by atoms with E-state index in [9.17, 15) is 18.8 Å². The van der Waals surface area contributed by atoms with Gasteiger partial charge in [-0.25, -0.2) is 4.39 Å². The summed E-state index contributed by atoms with van der Waals surface area (Å²) in [6.45, 7) is 0.489. The lowest BCUT2D eigenvalue weighted by molar-refractivity contribution is -0.150. The minimum absolute atomic E-state index is 0.00607. The number of nitrogen functional groups attached to an aromatic ring is 1. The summed E-state index contributed by atoms with van der Waals surface area (Å²) < 4.78 is 20.3. The van der Waals surface area contributed by atoms with Crippen LogP contribution in [0.15, 0.2) is 89.8 Å². The normalized spacial score (nSPS) is 18.6. The smallest absolute Gasteiger partial charge is 0.308 e. The van der Waals surface area contributed by atoms with Crippen LogP contribution in [0, 0.1) is 5.82 Å². The Morgan fingerprint density at radius 1 is 1.00 bits per heavy atom. The van der Waals surface area contributed by atoms with Crippen LogP contribution in [0.2, 0.25) is 0 Å². The fourth-order valence-electron chi connectivity index (χ4n) is 5.29. The molecule has 5 rings (SSSR count). The number of aromatic nitrogens is 1. The first-order valence-corrected chi connectivity index (χ1v) is 13.5. The second kappa shape index (κ2) is 11.8. The Kier molecular flexibility index (Phi) is 8.07. The van der Waals surface area contributed by atoms with Gasteiger partial charge in [0.2, 0.25) is 0 Å². The zero-order valence-electron chi connectivity index (χ0n) is 22.1. The monoisotopic (exact) mass is 541 g/mol. The van der Waals surface area contributed by atoms with Gasteiger partial charge in [-0.15, -0.1) is 0 Å². The van der Waals surface area contributed by atoms with E-state index in [0.717, 1.165) is 31.2 Å². The summed E-state index contributed by atoms with van der Waals surface area (Å²) >= 11 is 0. The van der Waals surface area contributed by atoms with Gasteiger partial charge in [0.1, 0.15) is 17.7 Å². The average molecular weight is 542 g/mol. The second-order valence-electron chi connectivity index (χ2n) is 10.4. The van der Waals surface area contributed by atoms with E-state index in [0.29, 0.717) is 18.7 Å². The number of nitrogens with one attached hydrogen (secondary N) is 1. The van der Waals surface area contributed by atoms with Crippen LogP contribution in [-0.2, 0) is 16.1 Å². The number of carbonyl (C=O) groups is 2. The van der Waals surface area contributed by atoms with Gasteiger partial charge in [-0.3, -0.25) is 19.0 Å². The van der Waals surface area contributed by atoms with Gasteiger partial charge < -0.3 is 15.8 Å². The number of ketones is 1. The van der Waals surface area contributed by atoms with Crippen LogP contribution in [-0.4, -0.2) is 28.0 Å². The molecule has 1 aromatic heterocycles. The van der Waals surface area contributed by atoms with Gasteiger partial charge in [0.25, 0.3) is 5.56 Å². The molecular weight excluding hydrogens is 509 g/mol. The van der Waals surface area contributed by atoms with Crippen LogP contribution >= 0.6 is 0 Å². The molecule has 1 atom stereocenters. The summed E-state index contributed by atoms with van der Waals surface area (Å²) in [4.78, 5) is 38.5. The number of hydrogen-bond acceptors (Lipinski definition) is 6. The van der Waals surface area contributed by atoms with Gasteiger partial charge >= 0.3 is 5.97 Å². The summed E-state index contributed by atoms with van der Waals surface area (Å²) in [6, 6.07) is 15.1. The Hall–Kier alpha value is -4.30. The van der Waals surface area contributed by atoms with Crippen molar-refractivity contribution in [3.63, 3.8) is 0 Å². The van der Waals surface area contributed by atoms with Gasteiger partial charge in [0, 0.05) is 18.2 Å². The molecule has 0 unspecified atom stereocenters. The average Bonchev–Trinajstić information content (AvgIpc) is 3.46. The Morgan fingerprint density at radius 2 is 1.73 bits per heavy atom. The van der Waals surface area contributed by atoms with E-state index >= 15 is 0 Å². The highest BCUT2D eigenvalue weighted by molar-refractivity contribution is 6.11. The first-order valence-electron chi connectivity index (χ1n) is 13.5. The molecule has 1 saturated carbocycles. The summed E-state index contributed by atoms with van der Waals surface area (Å²) in [6.07, 6.45) is 13.0. The standard InChI is InChI=1S/C32H32FN3O4/c33-24-12-10-23(11-13-24)30(39)27-16-17-28(37)36(31(27)34)25-14-8-22(9-15-25)21-35-32(18-4-1-5-19-32)20-29(38)40-26-6-2-3-7-26/h1,4-5,8-18,26,35H,2-3,6-7,19-21,34H2/t32-/m0/s1. The summed E-state index contributed by atoms with van der Waals surface area (Å²) in [5.41, 5.74) is 7.26. The molecule has 2 aliphatic carbocycles. The first kappa shape index (κ1) is 27.3. The van der Waals surface area contributed by atoms with Crippen molar-refractivity contribution in [1.82, 2.24) is 9.88 Å². The quantitative estimate of drug-likeness (QED) is 0.292. The molecule has 3 N–H and O–H groups in total. The third-order valence-corrected chi connectivity index (χ3v) is 7.52. The fourth-order valence-corrected chi connectivity index (χ4v) is 5.29. The van der Waals surface area contributed by atoms with Crippen LogP contribution in [0.25, 0.3) is 5.69 Å². The number of halogens is 1. The molecule has 40 heavy (non-hydrogen) atoms.